The molecule has 0 radical (unpaired) electrons. The van der Waals surface area contributed by atoms with Crippen molar-refractivity contribution >= 4 is 29.3 Å². The highest BCUT2D eigenvalue weighted by atomic mass is 32.2. The fourth-order valence-electron chi connectivity index (χ4n) is 3.67. The molecule has 0 aromatic heterocycles. The molecule has 7 nitrogen and oxygen atoms in total. The van der Waals surface area contributed by atoms with Crippen molar-refractivity contribution in [2.45, 2.75) is 16.7 Å². The van der Waals surface area contributed by atoms with Gasteiger partial charge in [0.15, 0.2) is 0 Å². The van der Waals surface area contributed by atoms with Crippen molar-refractivity contribution in [3.63, 3.8) is 0 Å². The lowest BCUT2D eigenvalue weighted by Crippen LogP contribution is -2.49. The van der Waals surface area contributed by atoms with E-state index in [1.54, 1.807) is 23.9 Å². The van der Waals surface area contributed by atoms with Crippen molar-refractivity contribution < 1.29 is 19.4 Å². The molecule has 0 amide bonds. The molecule has 164 valence electrons. The number of esters is 1. The number of nitrogens with zero attached hydrogens (tertiary/aromatic N) is 3. The third-order valence-electron chi connectivity index (χ3n) is 5.27. The van der Waals surface area contributed by atoms with Crippen LogP contribution in [0.3, 0.4) is 0 Å². The molecule has 2 aliphatic heterocycles. The van der Waals surface area contributed by atoms with Crippen molar-refractivity contribution in [1.29, 1.82) is 0 Å². The predicted molar refractivity (Wildman–Crippen MR) is 120 cm³/mol. The number of aliphatic imine (C=N–C) groups is 1. The lowest BCUT2D eigenvalue weighted by atomic mass is 10.1. The quantitative estimate of drug-likeness (QED) is 0.545. The third-order valence-corrected chi connectivity index (χ3v) is 6.40. The molecule has 0 saturated carbocycles. The molecular weight excluding hydrogens is 414 g/mol. The van der Waals surface area contributed by atoms with Gasteiger partial charge in [-0.1, -0.05) is 30.0 Å². The van der Waals surface area contributed by atoms with Gasteiger partial charge in [-0.05, 0) is 24.3 Å². The number of piperazine rings is 1. The Balaban J connectivity index is 1.38. The van der Waals surface area contributed by atoms with Crippen molar-refractivity contribution in [3.05, 3.63) is 48.0 Å². The lowest BCUT2D eigenvalue weighted by Gasteiger charge is -2.36. The molecule has 0 bridgehead atoms. The van der Waals surface area contributed by atoms with Crippen molar-refractivity contribution in [3.8, 4) is 5.75 Å². The molecule has 0 spiro atoms. The van der Waals surface area contributed by atoms with Crippen LogP contribution in [0.2, 0.25) is 0 Å². The summed E-state index contributed by atoms with van der Waals surface area (Å²) in [4.78, 5) is 22.6. The first-order valence-corrected chi connectivity index (χ1v) is 11.3. The molecule has 1 saturated heterocycles. The number of benzene rings is 2. The summed E-state index contributed by atoms with van der Waals surface area (Å²) in [5.74, 6) is 0.969. The number of aromatic hydroxyl groups is 1. The Morgan fingerprint density at radius 1 is 1.06 bits per heavy atom. The van der Waals surface area contributed by atoms with E-state index < -0.39 is 0 Å². The predicted octanol–water partition coefficient (Wildman–Crippen LogP) is 3.13. The highest BCUT2D eigenvalue weighted by molar-refractivity contribution is 7.99. The van der Waals surface area contributed by atoms with Crippen LogP contribution >= 0.6 is 11.8 Å². The lowest BCUT2D eigenvalue weighted by molar-refractivity contribution is -0.142. The molecule has 1 N–H and O–H groups in total. The molecule has 2 aromatic carbocycles. The van der Waals surface area contributed by atoms with Crippen LogP contribution in [0.1, 0.15) is 12.5 Å². The third kappa shape index (κ3) is 5.58. The van der Waals surface area contributed by atoms with E-state index in [2.05, 4.69) is 21.9 Å². The van der Waals surface area contributed by atoms with Gasteiger partial charge in [0, 0.05) is 55.0 Å². The topological polar surface area (TPSA) is 74.6 Å². The number of ether oxygens (including phenoxy) is 2. The average Bonchev–Trinajstić information content (AvgIpc) is 2.92. The van der Waals surface area contributed by atoms with Crippen LogP contribution in [-0.2, 0) is 14.3 Å². The Morgan fingerprint density at radius 2 is 1.87 bits per heavy atom. The van der Waals surface area contributed by atoms with E-state index in [-0.39, 0.29) is 11.7 Å². The summed E-state index contributed by atoms with van der Waals surface area (Å²) < 4.78 is 10.4. The first-order valence-electron chi connectivity index (χ1n) is 10.5. The van der Waals surface area contributed by atoms with E-state index >= 15 is 0 Å². The van der Waals surface area contributed by atoms with Gasteiger partial charge in [0.2, 0.25) is 0 Å². The molecule has 0 unspecified atom stereocenters. The van der Waals surface area contributed by atoms with Crippen LogP contribution < -0.4 is 0 Å². The van der Waals surface area contributed by atoms with Crippen molar-refractivity contribution in [2.75, 3.05) is 52.5 Å². The fourth-order valence-corrected chi connectivity index (χ4v) is 4.73. The Hall–Kier alpha value is -2.55. The molecule has 1 fully saturated rings. The van der Waals surface area contributed by atoms with E-state index in [0.29, 0.717) is 19.8 Å². The Labute approximate surface area is 186 Å². The number of phenolic OH excluding ortho intramolecular Hbond substituents is 1. The van der Waals surface area contributed by atoms with Gasteiger partial charge in [-0.2, -0.15) is 0 Å². The van der Waals surface area contributed by atoms with Crippen LogP contribution in [0.4, 0.5) is 5.69 Å². The minimum atomic E-state index is -0.277. The molecule has 31 heavy (non-hydrogen) atoms. The molecule has 0 aliphatic carbocycles. The summed E-state index contributed by atoms with van der Waals surface area (Å²) >= 11 is 1.65. The smallest absolute Gasteiger partial charge is 0.302 e. The second-order valence-corrected chi connectivity index (χ2v) is 8.55. The zero-order chi connectivity index (χ0) is 21.6. The summed E-state index contributed by atoms with van der Waals surface area (Å²) in [6, 6.07) is 13.7. The highest BCUT2D eigenvalue weighted by Crippen LogP contribution is 2.42. The molecule has 4 rings (SSSR count). The number of fused-ring (bicyclic) bond motifs is 2. The first-order chi connectivity index (χ1) is 15.1. The summed E-state index contributed by atoms with van der Waals surface area (Å²) in [7, 11) is 0. The Morgan fingerprint density at radius 3 is 2.68 bits per heavy atom. The van der Waals surface area contributed by atoms with Crippen LogP contribution in [0, 0.1) is 0 Å². The van der Waals surface area contributed by atoms with Crippen LogP contribution in [-0.4, -0.2) is 79.3 Å². The summed E-state index contributed by atoms with van der Waals surface area (Å²) in [6.45, 7) is 7.26. The Kier molecular flexibility index (Phi) is 7.11. The van der Waals surface area contributed by atoms with Gasteiger partial charge >= 0.3 is 5.97 Å². The summed E-state index contributed by atoms with van der Waals surface area (Å²) in [6.07, 6.45) is 0. The van der Waals surface area contributed by atoms with Crippen LogP contribution in [0.15, 0.2) is 57.2 Å². The summed E-state index contributed by atoms with van der Waals surface area (Å²) in [5.41, 5.74) is 2.02. The molecule has 2 aromatic rings. The van der Waals surface area contributed by atoms with Gasteiger partial charge in [0.1, 0.15) is 18.2 Å². The largest absolute Gasteiger partial charge is 0.508 e. The molecule has 8 heteroatoms. The monoisotopic (exact) mass is 441 g/mol. The number of carbonyl (C=O) groups excluding carboxylic acids is 1. The van der Waals surface area contributed by atoms with E-state index in [1.807, 2.05) is 18.2 Å². The van der Waals surface area contributed by atoms with E-state index in [4.69, 9.17) is 14.5 Å². The van der Waals surface area contributed by atoms with Gasteiger partial charge in [0.05, 0.1) is 18.9 Å². The van der Waals surface area contributed by atoms with Gasteiger partial charge in [-0.15, -0.1) is 0 Å². The molecule has 2 aliphatic rings. The molecule has 0 atom stereocenters. The normalized spacial score (nSPS) is 16.2. The Bertz CT molecular complexity index is 958. The SMILES string of the molecule is CC(=O)OCCOCCN1CCN(C2=Nc3ccc(O)cc3Sc3ccccc32)CC1. The highest BCUT2D eigenvalue weighted by Gasteiger charge is 2.25. The van der Waals surface area contributed by atoms with E-state index in [0.717, 1.165) is 59.6 Å². The van der Waals surface area contributed by atoms with Gasteiger partial charge in [0.25, 0.3) is 0 Å². The van der Waals surface area contributed by atoms with Crippen LogP contribution in [0.25, 0.3) is 0 Å². The standard InChI is InChI=1S/C23H27N3O4S/c1-17(27)30-15-14-29-13-12-25-8-10-26(11-9-25)23-19-4-2-3-5-21(19)31-22-16-18(28)6-7-20(22)24-23/h2-7,16,28H,8-15H2,1H3. The van der Waals surface area contributed by atoms with Crippen LogP contribution in [0.5, 0.6) is 5.75 Å². The van der Waals surface area contributed by atoms with Gasteiger partial charge in [-0.3, -0.25) is 9.69 Å². The van der Waals surface area contributed by atoms with E-state index in [1.165, 1.54) is 6.92 Å². The minimum Gasteiger partial charge on any atom is -0.508 e. The maximum absolute atomic E-state index is 10.8. The second-order valence-electron chi connectivity index (χ2n) is 7.47. The number of hydrogen-bond acceptors (Lipinski definition) is 8. The maximum Gasteiger partial charge on any atom is 0.302 e. The molecule has 2 heterocycles. The zero-order valence-electron chi connectivity index (χ0n) is 17.6. The van der Waals surface area contributed by atoms with Crippen molar-refractivity contribution in [1.82, 2.24) is 9.80 Å². The van der Waals surface area contributed by atoms with Gasteiger partial charge in [-0.25, -0.2) is 4.99 Å². The summed E-state index contributed by atoms with van der Waals surface area (Å²) in [5, 5.41) is 9.90. The molecular formula is C23H27N3O4S. The van der Waals surface area contributed by atoms with E-state index in [9.17, 15) is 9.90 Å². The minimum absolute atomic E-state index is 0.256. The van der Waals surface area contributed by atoms with Gasteiger partial charge < -0.3 is 19.5 Å². The number of amidine groups is 1. The first kappa shape index (κ1) is 21.7. The maximum atomic E-state index is 10.8. The average molecular weight is 442 g/mol. The second kappa shape index (κ2) is 10.2. The zero-order valence-corrected chi connectivity index (χ0v) is 18.4. The fraction of sp³-hybridized carbons (Fsp3) is 0.391. The van der Waals surface area contributed by atoms with Crippen molar-refractivity contribution in [2.24, 2.45) is 4.99 Å². The number of phenols is 1. The number of hydrogen-bond donors (Lipinski definition) is 1. The number of rotatable bonds is 6. The number of carbonyl (C=O) groups is 1.